The summed E-state index contributed by atoms with van der Waals surface area (Å²) in [5.41, 5.74) is 14.1. The number of aryl methyl sites for hydroxylation is 4. The van der Waals surface area contributed by atoms with Crippen molar-refractivity contribution < 1.29 is 20.8 Å². The maximum atomic E-state index is 4.93. The summed E-state index contributed by atoms with van der Waals surface area (Å²) in [4.78, 5) is 0. The molecule has 0 spiro atoms. The first-order valence-corrected chi connectivity index (χ1v) is 27.2. The van der Waals surface area contributed by atoms with Crippen LogP contribution in [0.3, 0.4) is 0 Å². The molecule has 0 atom stereocenters. The number of hydrogen-bond donors (Lipinski definition) is 0. The predicted octanol–water partition coefficient (Wildman–Crippen LogP) is 14.0. The van der Waals surface area contributed by atoms with E-state index in [2.05, 4.69) is 179 Å². The van der Waals surface area contributed by atoms with E-state index in [-0.39, 0.29) is 0 Å². The fourth-order valence-corrected chi connectivity index (χ4v) is 9.15. The van der Waals surface area contributed by atoms with E-state index >= 15 is 0 Å². The molecular weight excluding hydrogens is 815 g/mol. The van der Waals surface area contributed by atoms with Crippen molar-refractivity contribution in [3.63, 3.8) is 0 Å². The van der Waals surface area contributed by atoms with Crippen LogP contribution in [-0.4, -0.2) is 9.52 Å². The Morgan fingerprint density at radius 2 is 0.964 bits per heavy atom. The summed E-state index contributed by atoms with van der Waals surface area (Å²) in [6, 6.07) is 58.5. The summed E-state index contributed by atoms with van der Waals surface area (Å²) in [6.07, 6.45) is 6.91. The summed E-state index contributed by atoms with van der Waals surface area (Å²) in [6.45, 7) is 8.94. The van der Waals surface area contributed by atoms with Crippen LogP contribution in [0.2, 0.25) is 0 Å². The standard InChI is InChI=1S/2C20H21.C12H7Si.2ClH.Zr/c2*1-3-8-15-13-17-10-7-12-19(20(17)14-15)18-11-6-5-9-16(18)4-2;1-3-7-11-9(5-1)10-6-2-4-8-12(10)13-11;;;/h2*5-7,9-14H,3-4,8H2,1-2H3;1-7H;2*1H;/q3*-1;;;+2/p-2. The molecule has 8 aromatic rings. The van der Waals surface area contributed by atoms with Gasteiger partial charge in [-0.05, 0) is 47.9 Å². The molecule has 4 heteroatoms. The van der Waals surface area contributed by atoms with Crippen molar-refractivity contribution in [3.8, 4) is 33.4 Å². The third-order valence-corrected chi connectivity index (χ3v) is 11.8. The number of halogens is 2. The van der Waals surface area contributed by atoms with E-state index in [0.29, 0.717) is 0 Å². The third kappa shape index (κ3) is 10.0. The second-order valence-electron chi connectivity index (χ2n) is 14.1. The minimum Gasteiger partial charge on any atom is -0.184 e. The van der Waals surface area contributed by atoms with Gasteiger partial charge in [0.1, 0.15) is 0 Å². The summed E-state index contributed by atoms with van der Waals surface area (Å²) in [5.74, 6) is 0. The van der Waals surface area contributed by atoms with Crippen molar-refractivity contribution in [2.45, 2.75) is 66.2 Å². The second-order valence-corrected chi connectivity index (χ2v) is 19.1. The van der Waals surface area contributed by atoms with Gasteiger partial charge in [0, 0.05) is 0 Å². The molecule has 56 heavy (non-hydrogen) atoms. The molecule has 9 rings (SSSR count). The molecule has 0 N–H and O–H groups in total. The van der Waals surface area contributed by atoms with Gasteiger partial charge in [0.15, 0.2) is 0 Å². The average Bonchev–Trinajstić information content (AvgIpc) is 3.96. The Kier molecular flexibility index (Phi) is 15.8. The van der Waals surface area contributed by atoms with Crippen LogP contribution in [0.25, 0.3) is 54.9 Å². The molecule has 0 saturated heterocycles. The third-order valence-electron chi connectivity index (χ3n) is 10.4. The van der Waals surface area contributed by atoms with E-state index in [1.54, 1.807) is 0 Å². The zero-order valence-corrected chi connectivity index (χ0v) is 37.9. The van der Waals surface area contributed by atoms with Crippen molar-refractivity contribution >= 4 is 58.5 Å². The van der Waals surface area contributed by atoms with Crippen LogP contribution in [0.4, 0.5) is 0 Å². The second kappa shape index (κ2) is 21.1. The van der Waals surface area contributed by atoms with Crippen LogP contribution in [0.5, 0.6) is 0 Å². The molecule has 1 aliphatic heterocycles. The van der Waals surface area contributed by atoms with E-state index in [0.717, 1.165) is 22.4 Å². The van der Waals surface area contributed by atoms with Crippen LogP contribution < -0.4 is 10.4 Å². The molecule has 8 aromatic carbocycles. The number of hydrogen-bond acceptors (Lipinski definition) is 0. The van der Waals surface area contributed by atoms with Gasteiger partial charge in [0.05, 0.1) is 9.52 Å². The summed E-state index contributed by atoms with van der Waals surface area (Å²) >= 11 is -0.826. The maximum absolute atomic E-state index is 4.93. The molecule has 0 bridgehead atoms. The first-order chi connectivity index (χ1) is 27.5. The molecule has 0 aromatic heterocycles. The SMILES string of the molecule is CCCc1cc2c(-c3ccccc3CC)cccc2[cH-]1.CCCc1cc2c(-c3ccccc3CC)cccc2[cH-]1.[Cl][Zr][Cl].[c-]1cccc2c1[Si]c1ccccc1-2. The molecule has 0 fully saturated rings. The maximum Gasteiger partial charge on any atom is 0.0920 e. The molecular formula is C52H49Cl2SiZr-3. The van der Waals surface area contributed by atoms with Gasteiger partial charge in [0.2, 0.25) is 0 Å². The summed E-state index contributed by atoms with van der Waals surface area (Å²) in [5, 5.41) is 8.37. The summed E-state index contributed by atoms with van der Waals surface area (Å²) < 4.78 is 0. The molecule has 1 heterocycles. The Balaban J connectivity index is 0.000000140. The van der Waals surface area contributed by atoms with Crippen molar-refractivity contribution in [1.82, 2.24) is 0 Å². The van der Waals surface area contributed by atoms with Gasteiger partial charge in [-0.15, -0.1) is 74.6 Å². The van der Waals surface area contributed by atoms with E-state index in [9.17, 15) is 0 Å². The van der Waals surface area contributed by atoms with E-state index in [1.165, 1.54) is 113 Å². The Labute approximate surface area is 356 Å². The molecule has 1 aliphatic rings. The Hall–Kier alpha value is -3.78. The van der Waals surface area contributed by atoms with Gasteiger partial charge in [-0.25, -0.2) is 0 Å². The predicted molar refractivity (Wildman–Crippen MR) is 244 cm³/mol. The van der Waals surface area contributed by atoms with Gasteiger partial charge in [-0.3, -0.25) is 0 Å². The zero-order valence-electron chi connectivity index (χ0n) is 32.9. The van der Waals surface area contributed by atoms with Crippen LogP contribution in [-0.2, 0) is 46.5 Å². The minimum absolute atomic E-state index is 0.795. The van der Waals surface area contributed by atoms with Crippen molar-refractivity contribution in [1.29, 1.82) is 0 Å². The fourth-order valence-electron chi connectivity index (χ4n) is 7.84. The minimum atomic E-state index is -0.826. The first-order valence-electron chi connectivity index (χ1n) is 19.9. The van der Waals surface area contributed by atoms with Crippen molar-refractivity contribution in [2.24, 2.45) is 0 Å². The van der Waals surface area contributed by atoms with Crippen LogP contribution in [0.15, 0.2) is 152 Å². The number of fused-ring (bicyclic) bond motifs is 5. The van der Waals surface area contributed by atoms with Crippen molar-refractivity contribution in [2.75, 3.05) is 0 Å². The van der Waals surface area contributed by atoms with Gasteiger partial charge in [0.25, 0.3) is 0 Å². The quantitative estimate of drug-likeness (QED) is 0.105. The molecule has 0 amide bonds. The van der Waals surface area contributed by atoms with E-state index < -0.39 is 20.8 Å². The average molecular weight is 864 g/mol. The van der Waals surface area contributed by atoms with Crippen LogP contribution in [0.1, 0.15) is 62.8 Å². The first kappa shape index (κ1) is 41.8. The fraction of sp³-hybridized carbons (Fsp3) is 0.192. The van der Waals surface area contributed by atoms with Gasteiger partial charge in [-0.1, -0.05) is 147 Å². The summed E-state index contributed by atoms with van der Waals surface area (Å²) in [7, 11) is 10.7. The smallest absolute Gasteiger partial charge is 0.0920 e. The Morgan fingerprint density at radius 1 is 0.518 bits per heavy atom. The molecule has 0 unspecified atom stereocenters. The van der Waals surface area contributed by atoms with Crippen molar-refractivity contribution in [3.05, 3.63) is 180 Å². The monoisotopic (exact) mass is 861 g/mol. The molecule has 0 nitrogen and oxygen atoms in total. The van der Waals surface area contributed by atoms with Gasteiger partial charge >= 0.3 is 37.9 Å². The number of benzene rings is 6. The van der Waals surface area contributed by atoms with Gasteiger partial charge < -0.3 is 0 Å². The Morgan fingerprint density at radius 3 is 1.46 bits per heavy atom. The molecule has 282 valence electrons. The largest absolute Gasteiger partial charge is 0.184 e. The molecule has 0 saturated carbocycles. The van der Waals surface area contributed by atoms with E-state index in [4.69, 9.17) is 17.0 Å². The normalized spacial score (nSPS) is 11.0. The Bertz CT molecular complexity index is 2300. The van der Waals surface area contributed by atoms with Gasteiger partial charge in [-0.2, -0.15) is 41.6 Å². The van der Waals surface area contributed by atoms with Crippen LogP contribution in [0, 0.1) is 6.07 Å². The molecule has 0 aliphatic carbocycles. The van der Waals surface area contributed by atoms with E-state index in [1.807, 2.05) is 6.07 Å². The number of rotatable bonds is 8. The topological polar surface area (TPSA) is 0 Å². The zero-order chi connectivity index (χ0) is 39.3. The molecule has 2 radical (unpaired) electrons. The van der Waals surface area contributed by atoms with Crippen LogP contribution >= 0.6 is 17.0 Å².